The lowest BCUT2D eigenvalue weighted by molar-refractivity contribution is -0.0546. The average Bonchev–Trinajstić information content (AvgIpc) is 2.48. The summed E-state index contributed by atoms with van der Waals surface area (Å²) >= 11 is 0. The Labute approximate surface area is 121 Å². The van der Waals surface area contributed by atoms with Gasteiger partial charge in [-0.15, -0.1) is 0 Å². The molecule has 0 spiro atoms. The monoisotopic (exact) mass is 277 g/mol. The van der Waals surface area contributed by atoms with Crippen LogP contribution >= 0.6 is 0 Å². The van der Waals surface area contributed by atoms with Crippen molar-refractivity contribution in [1.29, 1.82) is 0 Å². The molecule has 0 radical (unpaired) electrons. The highest BCUT2D eigenvalue weighted by molar-refractivity contribution is 5.96. The minimum Gasteiger partial charge on any atom is -0.370 e. The van der Waals surface area contributed by atoms with Crippen molar-refractivity contribution in [2.75, 3.05) is 40.4 Å². The summed E-state index contributed by atoms with van der Waals surface area (Å²) in [6.45, 7) is 5.46. The summed E-state index contributed by atoms with van der Waals surface area (Å²) in [6, 6.07) is 8.11. The lowest BCUT2D eigenvalue weighted by atomic mass is 10.1. The zero-order valence-corrected chi connectivity index (χ0v) is 12.8. The van der Waals surface area contributed by atoms with E-state index in [1.165, 1.54) is 5.69 Å². The third kappa shape index (κ3) is 2.92. The first-order valence-corrected chi connectivity index (χ1v) is 7.36. The van der Waals surface area contributed by atoms with Gasteiger partial charge in [0, 0.05) is 38.2 Å². The lowest BCUT2D eigenvalue weighted by Gasteiger charge is -2.44. The maximum absolute atomic E-state index is 11.9. The standard InChI is InChI=1S/C16H25N2O2/c1-4-5-16(19)14-6-8-15(9-7-14)18(17(2)3)10-12-20-13-11-18/h6-9H,4-5,10-13H2,1-3H3/q+1. The highest BCUT2D eigenvalue weighted by Crippen LogP contribution is 2.27. The fourth-order valence-electron chi connectivity index (χ4n) is 2.83. The molecule has 4 heteroatoms. The molecule has 1 aliphatic heterocycles. The van der Waals surface area contributed by atoms with E-state index in [-0.39, 0.29) is 5.78 Å². The van der Waals surface area contributed by atoms with Crippen LogP contribution in [0.1, 0.15) is 30.1 Å². The van der Waals surface area contributed by atoms with Gasteiger partial charge in [-0.25, -0.2) is 4.59 Å². The van der Waals surface area contributed by atoms with E-state index in [0.717, 1.165) is 42.9 Å². The number of Topliss-reactive ketones (excluding diaryl/α,β-unsaturated/α-hetero) is 1. The molecule has 0 bridgehead atoms. The molecule has 1 saturated heterocycles. The number of ketones is 1. The van der Waals surface area contributed by atoms with Gasteiger partial charge in [0.1, 0.15) is 13.1 Å². The third-order valence-electron chi connectivity index (χ3n) is 4.12. The van der Waals surface area contributed by atoms with Crippen molar-refractivity contribution >= 4 is 11.5 Å². The molecule has 0 aromatic heterocycles. The molecule has 0 amide bonds. The summed E-state index contributed by atoms with van der Waals surface area (Å²) in [6.07, 6.45) is 1.52. The van der Waals surface area contributed by atoms with Gasteiger partial charge in [-0.1, -0.05) is 6.92 Å². The van der Waals surface area contributed by atoms with Gasteiger partial charge >= 0.3 is 0 Å². The SMILES string of the molecule is CCCC(=O)c1ccc([N+]2(N(C)C)CCOCC2)cc1. The normalized spacial score (nSPS) is 18.2. The highest BCUT2D eigenvalue weighted by Gasteiger charge is 2.36. The zero-order chi connectivity index (χ0) is 14.6. The van der Waals surface area contributed by atoms with E-state index in [0.29, 0.717) is 6.42 Å². The fraction of sp³-hybridized carbons (Fsp3) is 0.562. The van der Waals surface area contributed by atoms with Crippen LogP contribution in [0.2, 0.25) is 0 Å². The van der Waals surface area contributed by atoms with E-state index in [2.05, 4.69) is 31.2 Å². The lowest BCUT2D eigenvalue weighted by Crippen LogP contribution is -2.63. The topological polar surface area (TPSA) is 29.5 Å². The van der Waals surface area contributed by atoms with Crippen LogP contribution in [0.3, 0.4) is 0 Å². The number of carbonyl (C=O) groups excluding carboxylic acids is 1. The molecule has 1 fully saturated rings. The Morgan fingerprint density at radius 3 is 2.30 bits per heavy atom. The number of nitrogens with zero attached hydrogens (tertiary/aromatic N) is 2. The third-order valence-corrected chi connectivity index (χ3v) is 4.12. The number of rotatable bonds is 5. The van der Waals surface area contributed by atoms with Crippen molar-refractivity contribution in [3.8, 4) is 0 Å². The molecule has 110 valence electrons. The van der Waals surface area contributed by atoms with Gasteiger partial charge in [0.15, 0.2) is 11.5 Å². The summed E-state index contributed by atoms with van der Waals surface area (Å²) in [7, 11) is 4.20. The van der Waals surface area contributed by atoms with E-state index in [9.17, 15) is 4.79 Å². The molecule has 0 saturated carbocycles. The number of hydrogen-bond donors (Lipinski definition) is 0. The van der Waals surface area contributed by atoms with Crippen molar-refractivity contribution in [2.45, 2.75) is 19.8 Å². The molecule has 2 rings (SSSR count). The highest BCUT2D eigenvalue weighted by atomic mass is 16.5. The average molecular weight is 277 g/mol. The molecule has 0 unspecified atom stereocenters. The van der Waals surface area contributed by atoms with Crippen LogP contribution in [0, 0.1) is 0 Å². The molecule has 0 aliphatic carbocycles. The summed E-state index contributed by atoms with van der Waals surface area (Å²) in [5.41, 5.74) is 2.05. The van der Waals surface area contributed by atoms with Gasteiger partial charge < -0.3 is 4.74 Å². The quantitative estimate of drug-likeness (QED) is 0.612. The fourth-order valence-corrected chi connectivity index (χ4v) is 2.83. The van der Waals surface area contributed by atoms with Crippen LogP contribution in [0.15, 0.2) is 24.3 Å². The van der Waals surface area contributed by atoms with Crippen LogP contribution in [0.5, 0.6) is 0 Å². The van der Waals surface area contributed by atoms with E-state index in [1.54, 1.807) is 0 Å². The Morgan fingerprint density at radius 2 is 1.80 bits per heavy atom. The summed E-state index contributed by atoms with van der Waals surface area (Å²) in [5, 5.41) is 2.23. The van der Waals surface area contributed by atoms with Crippen LogP contribution in [-0.4, -0.2) is 51.2 Å². The molecule has 1 heterocycles. The second-order valence-electron chi connectivity index (χ2n) is 5.55. The van der Waals surface area contributed by atoms with Gasteiger partial charge in [-0.3, -0.25) is 4.79 Å². The molecular weight excluding hydrogens is 252 g/mol. The first kappa shape index (κ1) is 15.2. The van der Waals surface area contributed by atoms with Gasteiger partial charge in [0.25, 0.3) is 0 Å². The minimum absolute atomic E-state index is 0.234. The Hall–Kier alpha value is -1.23. The Morgan fingerprint density at radius 1 is 1.20 bits per heavy atom. The molecular formula is C16H25N2O2+. The largest absolute Gasteiger partial charge is 0.370 e. The zero-order valence-electron chi connectivity index (χ0n) is 12.8. The van der Waals surface area contributed by atoms with Crippen molar-refractivity contribution in [2.24, 2.45) is 0 Å². The number of morpholine rings is 1. The number of benzene rings is 1. The summed E-state index contributed by atoms with van der Waals surface area (Å²) in [5.74, 6) is 0.234. The number of ether oxygens (including phenoxy) is 1. The van der Waals surface area contributed by atoms with Crippen LogP contribution in [0.25, 0.3) is 0 Å². The molecule has 0 atom stereocenters. The van der Waals surface area contributed by atoms with Crippen molar-refractivity contribution in [3.05, 3.63) is 29.8 Å². The smallest absolute Gasteiger partial charge is 0.162 e. The maximum atomic E-state index is 11.9. The van der Waals surface area contributed by atoms with Crippen LogP contribution < -0.4 is 4.59 Å². The van der Waals surface area contributed by atoms with Gasteiger partial charge in [0.2, 0.25) is 0 Å². The second kappa shape index (κ2) is 6.48. The van der Waals surface area contributed by atoms with Crippen LogP contribution in [-0.2, 0) is 4.74 Å². The molecule has 0 N–H and O–H groups in total. The summed E-state index contributed by atoms with van der Waals surface area (Å²) in [4.78, 5) is 11.9. The Kier molecular flexibility index (Phi) is 4.91. The number of hydrogen-bond acceptors (Lipinski definition) is 3. The first-order valence-electron chi connectivity index (χ1n) is 7.36. The van der Waals surface area contributed by atoms with Crippen molar-refractivity contribution in [1.82, 2.24) is 9.60 Å². The Balaban J connectivity index is 2.24. The molecule has 4 nitrogen and oxygen atoms in total. The summed E-state index contributed by atoms with van der Waals surface area (Å²) < 4.78 is 6.29. The van der Waals surface area contributed by atoms with Crippen LogP contribution in [0.4, 0.5) is 5.69 Å². The van der Waals surface area contributed by atoms with E-state index in [4.69, 9.17) is 4.74 Å². The maximum Gasteiger partial charge on any atom is 0.162 e. The van der Waals surface area contributed by atoms with Crippen molar-refractivity contribution in [3.63, 3.8) is 0 Å². The Bertz CT molecular complexity index is 448. The molecule has 1 aromatic carbocycles. The first-order chi connectivity index (χ1) is 9.60. The molecule has 1 aliphatic rings. The van der Waals surface area contributed by atoms with E-state index in [1.807, 2.05) is 19.1 Å². The minimum atomic E-state index is 0.234. The number of quaternary nitrogens is 1. The predicted molar refractivity (Wildman–Crippen MR) is 81.7 cm³/mol. The van der Waals surface area contributed by atoms with Crippen molar-refractivity contribution < 1.29 is 9.53 Å². The second-order valence-corrected chi connectivity index (χ2v) is 5.55. The number of carbonyl (C=O) groups is 1. The predicted octanol–water partition coefficient (Wildman–Crippen LogP) is 2.48. The van der Waals surface area contributed by atoms with Gasteiger partial charge in [-0.05, 0) is 18.6 Å². The van der Waals surface area contributed by atoms with E-state index < -0.39 is 0 Å². The van der Waals surface area contributed by atoms with E-state index >= 15 is 0 Å². The molecule has 20 heavy (non-hydrogen) atoms. The van der Waals surface area contributed by atoms with Gasteiger partial charge in [-0.2, -0.15) is 5.01 Å². The molecule has 1 aromatic rings. The van der Waals surface area contributed by atoms with Gasteiger partial charge in [0.05, 0.1) is 13.2 Å².